The van der Waals surface area contributed by atoms with E-state index in [0.29, 0.717) is 36.6 Å². The minimum Gasteiger partial charge on any atom is -0.484 e. The molecule has 1 saturated heterocycles. The number of rotatable bonds is 7. The van der Waals surface area contributed by atoms with Crippen molar-refractivity contribution in [2.45, 2.75) is 31.8 Å². The summed E-state index contributed by atoms with van der Waals surface area (Å²) in [6.07, 6.45) is 6.40. The number of hydrogen-bond acceptors (Lipinski definition) is 9. The third-order valence-corrected chi connectivity index (χ3v) is 6.44. The molecule has 176 valence electrons. The summed E-state index contributed by atoms with van der Waals surface area (Å²) in [5, 5.41) is 13.3. The standard InChI is InChI=1S/C25H28N6O3/c1-32-23-3-2-21-24(30-23)20(18(13-26)16-28-21)6-9-31-7-4-19(5-8-31)27-14-17-12-22-25(29-15-17)34-11-10-33-22/h2-3,12,15-16,19,27H,4-11,14H2,1H3. The first-order chi connectivity index (χ1) is 16.7. The van der Waals surface area contributed by atoms with Gasteiger partial charge in [-0.05, 0) is 50.0 Å². The van der Waals surface area contributed by atoms with Crippen LogP contribution in [0.3, 0.4) is 0 Å². The van der Waals surface area contributed by atoms with Gasteiger partial charge < -0.3 is 24.4 Å². The molecule has 0 saturated carbocycles. The number of nitriles is 1. The van der Waals surface area contributed by atoms with Crippen LogP contribution in [0.25, 0.3) is 11.0 Å². The zero-order chi connectivity index (χ0) is 23.3. The molecular weight excluding hydrogens is 432 g/mol. The molecule has 5 heterocycles. The molecule has 0 atom stereocenters. The minimum absolute atomic E-state index is 0.465. The highest BCUT2D eigenvalue weighted by Crippen LogP contribution is 2.28. The quantitative estimate of drug-likeness (QED) is 0.569. The second-order valence-electron chi connectivity index (χ2n) is 8.57. The van der Waals surface area contributed by atoms with E-state index in [4.69, 9.17) is 14.2 Å². The van der Waals surface area contributed by atoms with Gasteiger partial charge in [-0.1, -0.05) is 0 Å². The molecular formula is C25H28N6O3. The molecule has 9 heteroatoms. The maximum atomic E-state index is 9.60. The molecule has 9 nitrogen and oxygen atoms in total. The van der Waals surface area contributed by atoms with Crippen LogP contribution in [0, 0.1) is 11.3 Å². The number of hydrogen-bond donors (Lipinski definition) is 1. The van der Waals surface area contributed by atoms with Gasteiger partial charge in [0.05, 0.1) is 23.7 Å². The fourth-order valence-electron chi connectivity index (χ4n) is 4.53. The van der Waals surface area contributed by atoms with Crippen molar-refractivity contribution in [3.8, 4) is 23.6 Å². The summed E-state index contributed by atoms with van der Waals surface area (Å²) in [5.74, 6) is 1.84. The van der Waals surface area contributed by atoms with E-state index in [-0.39, 0.29) is 0 Å². The molecule has 2 aliphatic heterocycles. The molecule has 3 aromatic rings. The van der Waals surface area contributed by atoms with Crippen LogP contribution < -0.4 is 19.5 Å². The number of piperidine rings is 1. The van der Waals surface area contributed by atoms with Gasteiger partial charge in [-0.25, -0.2) is 9.97 Å². The second-order valence-corrected chi connectivity index (χ2v) is 8.57. The maximum absolute atomic E-state index is 9.60. The molecule has 0 spiro atoms. The smallest absolute Gasteiger partial charge is 0.257 e. The Hall–Kier alpha value is -3.48. The van der Waals surface area contributed by atoms with E-state index < -0.39 is 0 Å². The summed E-state index contributed by atoms with van der Waals surface area (Å²) in [4.78, 5) is 15.8. The third-order valence-electron chi connectivity index (χ3n) is 6.44. The molecule has 5 rings (SSSR count). The lowest BCUT2D eigenvalue weighted by molar-refractivity contribution is 0.164. The van der Waals surface area contributed by atoms with Crippen LogP contribution in [0.2, 0.25) is 0 Å². The molecule has 0 aromatic carbocycles. The van der Waals surface area contributed by atoms with Crippen molar-refractivity contribution < 1.29 is 14.2 Å². The van der Waals surface area contributed by atoms with Crippen molar-refractivity contribution in [3.63, 3.8) is 0 Å². The van der Waals surface area contributed by atoms with Gasteiger partial charge in [-0.15, -0.1) is 0 Å². The van der Waals surface area contributed by atoms with Crippen LogP contribution >= 0.6 is 0 Å². The highest BCUT2D eigenvalue weighted by molar-refractivity contribution is 5.80. The fraction of sp³-hybridized carbons (Fsp3) is 0.440. The van der Waals surface area contributed by atoms with Crippen LogP contribution in [-0.4, -0.2) is 65.9 Å². The van der Waals surface area contributed by atoms with Crippen molar-refractivity contribution in [3.05, 3.63) is 47.3 Å². The molecule has 0 bridgehead atoms. The monoisotopic (exact) mass is 460 g/mol. The Bertz CT molecular complexity index is 1200. The van der Waals surface area contributed by atoms with E-state index in [1.54, 1.807) is 19.4 Å². The first kappa shape index (κ1) is 22.3. The van der Waals surface area contributed by atoms with Crippen molar-refractivity contribution >= 4 is 11.0 Å². The largest absolute Gasteiger partial charge is 0.484 e. The van der Waals surface area contributed by atoms with Crippen molar-refractivity contribution in [1.82, 2.24) is 25.2 Å². The van der Waals surface area contributed by atoms with Gasteiger partial charge >= 0.3 is 0 Å². The van der Waals surface area contributed by atoms with Crippen LogP contribution in [0.15, 0.2) is 30.6 Å². The number of nitrogens with zero attached hydrogens (tertiary/aromatic N) is 5. The second kappa shape index (κ2) is 10.2. The Kier molecular flexibility index (Phi) is 6.70. The Morgan fingerprint density at radius 2 is 2.03 bits per heavy atom. The van der Waals surface area contributed by atoms with Crippen LogP contribution in [0.5, 0.6) is 17.5 Å². The lowest BCUT2D eigenvalue weighted by Crippen LogP contribution is -2.42. The van der Waals surface area contributed by atoms with E-state index in [2.05, 4.69) is 31.2 Å². The van der Waals surface area contributed by atoms with Gasteiger partial charge in [-0.3, -0.25) is 4.98 Å². The van der Waals surface area contributed by atoms with E-state index in [1.807, 2.05) is 18.3 Å². The minimum atomic E-state index is 0.465. The van der Waals surface area contributed by atoms with E-state index in [0.717, 1.165) is 73.4 Å². The van der Waals surface area contributed by atoms with E-state index in [1.165, 1.54) is 0 Å². The van der Waals surface area contributed by atoms with Crippen LogP contribution in [-0.2, 0) is 13.0 Å². The van der Waals surface area contributed by atoms with E-state index >= 15 is 0 Å². The summed E-state index contributed by atoms with van der Waals surface area (Å²) in [7, 11) is 1.60. The van der Waals surface area contributed by atoms with Crippen LogP contribution in [0.1, 0.15) is 29.5 Å². The third kappa shape index (κ3) is 4.88. The van der Waals surface area contributed by atoms with Crippen molar-refractivity contribution in [2.75, 3.05) is 40.0 Å². The molecule has 0 aliphatic carbocycles. The van der Waals surface area contributed by atoms with Gasteiger partial charge in [0.25, 0.3) is 5.88 Å². The summed E-state index contributed by atoms with van der Waals surface area (Å²) in [6, 6.07) is 8.44. The molecule has 0 unspecified atom stereocenters. The highest BCUT2D eigenvalue weighted by atomic mass is 16.6. The normalized spacial score (nSPS) is 16.4. The topological polar surface area (TPSA) is 105 Å². The number of ether oxygens (including phenoxy) is 3. The van der Waals surface area contributed by atoms with Gasteiger partial charge in [-0.2, -0.15) is 5.26 Å². The average molecular weight is 461 g/mol. The Morgan fingerprint density at radius 1 is 1.18 bits per heavy atom. The van der Waals surface area contributed by atoms with Crippen molar-refractivity contribution in [1.29, 1.82) is 5.26 Å². The Morgan fingerprint density at radius 3 is 2.85 bits per heavy atom. The number of methoxy groups -OCH3 is 1. The Labute approximate surface area is 198 Å². The molecule has 0 radical (unpaired) electrons. The Balaban J connectivity index is 1.15. The van der Waals surface area contributed by atoms with Gasteiger partial charge in [0.1, 0.15) is 19.3 Å². The summed E-state index contributed by atoms with van der Waals surface area (Å²) < 4.78 is 16.4. The molecule has 34 heavy (non-hydrogen) atoms. The number of pyridine rings is 3. The maximum Gasteiger partial charge on any atom is 0.257 e. The van der Waals surface area contributed by atoms with Crippen LogP contribution in [0.4, 0.5) is 0 Å². The first-order valence-electron chi connectivity index (χ1n) is 11.7. The van der Waals surface area contributed by atoms with E-state index in [9.17, 15) is 5.26 Å². The fourth-order valence-corrected chi connectivity index (χ4v) is 4.53. The molecule has 3 aromatic heterocycles. The lowest BCUT2D eigenvalue weighted by Gasteiger charge is -2.32. The summed E-state index contributed by atoms with van der Waals surface area (Å²) >= 11 is 0. The van der Waals surface area contributed by atoms with Gasteiger partial charge in [0, 0.05) is 43.2 Å². The number of aromatic nitrogens is 3. The zero-order valence-electron chi connectivity index (χ0n) is 19.3. The molecule has 1 N–H and O–H groups in total. The van der Waals surface area contributed by atoms with Crippen molar-refractivity contribution in [2.24, 2.45) is 0 Å². The summed E-state index contributed by atoms with van der Waals surface area (Å²) in [6.45, 7) is 4.79. The molecule has 2 aliphatic rings. The first-order valence-corrected chi connectivity index (χ1v) is 11.7. The number of fused-ring (bicyclic) bond motifs is 2. The summed E-state index contributed by atoms with van der Waals surface area (Å²) in [5.41, 5.74) is 4.16. The highest BCUT2D eigenvalue weighted by Gasteiger charge is 2.21. The average Bonchev–Trinajstić information content (AvgIpc) is 2.90. The lowest BCUT2D eigenvalue weighted by atomic mass is 10.0. The zero-order valence-corrected chi connectivity index (χ0v) is 19.3. The molecule has 0 amide bonds. The number of nitrogens with one attached hydrogen (secondary N) is 1. The SMILES string of the molecule is COc1ccc2ncc(C#N)c(CCN3CCC(NCc4cnc5c(c4)OCCO5)CC3)c2n1. The predicted octanol–water partition coefficient (Wildman–Crippen LogP) is 2.47. The van der Waals surface area contributed by atoms with Gasteiger partial charge in [0.2, 0.25) is 5.88 Å². The van der Waals surface area contributed by atoms with Gasteiger partial charge in [0.15, 0.2) is 5.75 Å². The molecule has 1 fully saturated rings. The predicted molar refractivity (Wildman–Crippen MR) is 126 cm³/mol. The number of likely N-dealkylation sites (tertiary alicyclic amines) is 1.